The Bertz CT molecular complexity index is 324. The minimum absolute atomic E-state index is 0.0573. The van der Waals surface area contributed by atoms with Gasteiger partial charge in [-0.3, -0.25) is 4.79 Å². The molecule has 0 aliphatic carbocycles. The Morgan fingerprint density at radius 1 is 1.50 bits per heavy atom. The van der Waals surface area contributed by atoms with Gasteiger partial charge < -0.3 is 19.7 Å². The van der Waals surface area contributed by atoms with Crippen molar-refractivity contribution >= 4 is 5.97 Å². The molecule has 1 fully saturated rings. The van der Waals surface area contributed by atoms with Crippen LogP contribution in [0.25, 0.3) is 0 Å². The lowest BCUT2D eigenvalue weighted by Gasteiger charge is -2.40. The van der Waals surface area contributed by atoms with E-state index in [1.807, 2.05) is 20.9 Å². The van der Waals surface area contributed by atoms with Crippen molar-refractivity contribution in [1.82, 2.24) is 10.2 Å². The van der Waals surface area contributed by atoms with Crippen LogP contribution in [0.4, 0.5) is 0 Å². The van der Waals surface area contributed by atoms with E-state index < -0.39 is 5.54 Å². The average Bonchev–Trinajstić information content (AvgIpc) is 2.45. The van der Waals surface area contributed by atoms with Gasteiger partial charge in [0.1, 0.15) is 5.54 Å². The number of carbonyl (C=O) groups excluding carboxylic acids is 1. The first kappa shape index (κ1) is 17.4. The normalized spacial score (nSPS) is 27.1. The SMILES string of the molecule is CCOC(=O)C(C)(CCN1CCCC(C)(OC)C1)NC. The third-order valence-electron chi connectivity index (χ3n) is 4.44. The number of methoxy groups -OCH3 is 1. The number of esters is 1. The van der Waals surface area contributed by atoms with Gasteiger partial charge in [0.2, 0.25) is 0 Å². The van der Waals surface area contributed by atoms with Gasteiger partial charge in [0.25, 0.3) is 0 Å². The molecule has 118 valence electrons. The van der Waals surface area contributed by atoms with Gasteiger partial charge in [-0.25, -0.2) is 0 Å². The Morgan fingerprint density at radius 2 is 2.20 bits per heavy atom. The summed E-state index contributed by atoms with van der Waals surface area (Å²) in [5.41, 5.74) is -0.671. The van der Waals surface area contributed by atoms with E-state index in [-0.39, 0.29) is 11.6 Å². The number of likely N-dealkylation sites (N-methyl/N-ethyl adjacent to an activating group) is 1. The molecule has 1 aliphatic heterocycles. The molecule has 0 amide bonds. The number of carbonyl (C=O) groups is 1. The fraction of sp³-hybridized carbons (Fsp3) is 0.933. The topological polar surface area (TPSA) is 50.8 Å². The second-order valence-corrected chi connectivity index (χ2v) is 6.09. The van der Waals surface area contributed by atoms with Crippen molar-refractivity contribution in [2.75, 3.05) is 40.4 Å². The van der Waals surface area contributed by atoms with Crippen molar-refractivity contribution in [3.63, 3.8) is 0 Å². The van der Waals surface area contributed by atoms with Gasteiger partial charge in [-0.15, -0.1) is 0 Å². The zero-order valence-corrected chi connectivity index (χ0v) is 13.6. The predicted octanol–water partition coefficient (Wildman–Crippen LogP) is 1.42. The predicted molar refractivity (Wildman–Crippen MR) is 79.8 cm³/mol. The first-order chi connectivity index (χ1) is 9.39. The minimum atomic E-state index is -0.614. The lowest BCUT2D eigenvalue weighted by Crippen LogP contribution is -2.53. The Balaban J connectivity index is 2.53. The highest BCUT2D eigenvalue weighted by Crippen LogP contribution is 2.24. The van der Waals surface area contributed by atoms with E-state index in [4.69, 9.17) is 9.47 Å². The third kappa shape index (κ3) is 4.43. The molecule has 1 aliphatic rings. The molecule has 1 saturated heterocycles. The molecule has 1 N–H and O–H groups in total. The highest BCUT2D eigenvalue weighted by atomic mass is 16.5. The fourth-order valence-electron chi connectivity index (χ4n) is 2.67. The number of piperidine rings is 1. The summed E-state index contributed by atoms with van der Waals surface area (Å²) in [6.07, 6.45) is 2.98. The number of hydrogen-bond donors (Lipinski definition) is 1. The van der Waals surface area contributed by atoms with Gasteiger partial charge >= 0.3 is 5.97 Å². The van der Waals surface area contributed by atoms with E-state index in [0.717, 1.165) is 38.9 Å². The van der Waals surface area contributed by atoms with Gasteiger partial charge in [0.15, 0.2) is 0 Å². The highest BCUT2D eigenvalue weighted by Gasteiger charge is 2.35. The maximum Gasteiger partial charge on any atom is 0.326 e. The molecule has 2 atom stereocenters. The molecule has 0 aromatic heterocycles. The van der Waals surface area contributed by atoms with Crippen LogP contribution < -0.4 is 5.32 Å². The Kier molecular flexibility index (Phi) is 6.43. The van der Waals surface area contributed by atoms with Crippen molar-refractivity contribution in [3.8, 4) is 0 Å². The standard InChI is InChI=1S/C15H30N2O3/c1-6-20-13(18)15(3,16-4)9-11-17-10-7-8-14(2,12-17)19-5/h16H,6-12H2,1-5H3. The molecule has 0 spiro atoms. The number of likely N-dealkylation sites (tertiary alicyclic amines) is 1. The van der Waals surface area contributed by atoms with Gasteiger partial charge in [0, 0.05) is 20.2 Å². The van der Waals surface area contributed by atoms with Gasteiger partial charge in [-0.2, -0.15) is 0 Å². The summed E-state index contributed by atoms with van der Waals surface area (Å²) < 4.78 is 10.8. The number of ether oxygens (including phenoxy) is 2. The van der Waals surface area contributed by atoms with E-state index in [9.17, 15) is 4.79 Å². The van der Waals surface area contributed by atoms with Crippen LogP contribution in [0.15, 0.2) is 0 Å². The maximum atomic E-state index is 12.0. The quantitative estimate of drug-likeness (QED) is 0.717. The van der Waals surface area contributed by atoms with E-state index >= 15 is 0 Å². The van der Waals surface area contributed by atoms with Crippen LogP contribution in [0.1, 0.15) is 40.0 Å². The van der Waals surface area contributed by atoms with Crippen LogP contribution in [0.5, 0.6) is 0 Å². The zero-order chi connectivity index (χ0) is 15.2. The van der Waals surface area contributed by atoms with Crippen molar-refractivity contribution in [1.29, 1.82) is 0 Å². The van der Waals surface area contributed by atoms with E-state index in [0.29, 0.717) is 6.61 Å². The third-order valence-corrected chi connectivity index (χ3v) is 4.44. The maximum absolute atomic E-state index is 12.0. The smallest absolute Gasteiger partial charge is 0.326 e. The van der Waals surface area contributed by atoms with Crippen molar-refractivity contribution in [2.24, 2.45) is 0 Å². The molecule has 0 aromatic carbocycles. The summed E-state index contributed by atoms with van der Waals surface area (Å²) >= 11 is 0. The Labute approximate surface area is 123 Å². The van der Waals surface area contributed by atoms with Gasteiger partial charge in [-0.1, -0.05) is 0 Å². The van der Waals surface area contributed by atoms with Crippen molar-refractivity contribution in [3.05, 3.63) is 0 Å². The summed E-state index contributed by atoms with van der Waals surface area (Å²) in [4.78, 5) is 14.4. The summed E-state index contributed by atoms with van der Waals surface area (Å²) in [5, 5.41) is 3.10. The molecule has 0 saturated carbocycles. The molecule has 0 aromatic rings. The molecule has 5 heteroatoms. The van der Waals surface area contributed by atoms with Crippen LogP contribution in [0.2, 0.25) is 0 Å². The van der Waals surface area contributed by atoms with Crippen LogP contribution in [-0.4, -0.2) is 62.4 Å². The average molecular weight is 286 g/mol. The van der Waals surface area contributed by atoms with E-state index in [1.54, 1.807) is 7.11 Å². The number of nitrogens with one attached hydrogen (secondary N) is 1. The minimum Gasteiger partial charge on any atom is -0.465 e. The van der Waals surface area contributed by atoms with Gasteiger partial charge in [-0.05, 0) is 53.6 Å². The molecular formula is C15H30N2O3. The van der Waals surface area contributed by atoms with Crippen LogP contribution >= 0.6 is 0 Å². The molecule has 20 heavy (non-hydrogen) atoms. The number of hydrogen-bond acceptors (Lipinski definition) is 5. The molecule has 0 radical (unpaired) electrons. The highest BCUT2D eigenvalue weighted by molar-refractivity contribution is 5.80. The lowest BCUT2D eigenvalue weighted by molar-refractivity contribution is -0.150. The molecule has 5 nitrogen and oxygen atoms in total. The largest absolute Gasteiger partial charge is 0.465 e. The second-order valence-electron chi connectivity index (χ2n) is 6.09. The summed E-state index contributed by atoms with van der Waals surface area (Å²) in [6.45, 7) is 9.18. The van der Waals surface area contributed by atoms with Crippen LogP contribution in [-0.2, 0) is 14.3 Å². The summed E-state index contributed by atoms with van der Waals surface area (Å²) in [5.74, 6) is -0.172. The summed E-state index contributed by atoms with van der Waals surface area (Å²) in [7, 11) is 3.59. The monoisotopic (exact) mass is 286 g/mol. The number of nitrogens with zero attached hydrogens (tertiary/aromatic N) is 1. The Morgan fingerprint density at radius 3 is 2.75 bits per heavy atom. The zero-order valence-electron chi connectivity index (χ0n) is 13.6. The first-order valence-corrected chi connectivity index (χ1v) is 7.53. The second kappa shape index (κ2) is 7.38. The first-order valence-electron chi connectivity index (χ1n) is 7.53. The molecule has 1 heterocycles. The lowest BCUT2D eigenvalue weighted by atomic mass is 9.93. The van der Waals surface area contributed by atoms with E-state index in [2.05, 4.69) is 17.1 Å². The molecule has 2 unspecified atom stereocenters. The Hall–Kier alpha value is -0.650. The van der Waals surface area contributed by atoms with Crippen LogP contribution in [0.3, 0.4) is 0 Å². The van der Waals surface area contributed by atoms with Crippen molar-refractivity contribution < 1.29 is 14.3 Å². The number of rotatable bonds is 7. The van der Waals surface area contributed by atoms with E-state index in [1.165, 1.54) is 0 Å². The van der Waals surface area contributed by atoms with Gasteiger partial charge in [0.05, 0.1) is 12.2 Å². The molecular weight excluding hydrogens is 256 g/mol. The summed E-state index contributed by atoms with van der Waals surface area (Å²) in [6, 6.07) is 0. The van der Waals surface area contributed by atoms with Crippen molar-refractivity contribution in [2.45, 2.75) is 51.2 Å². The molecule has 0 bridgehead atoms. The fourth-order valence-corrected chi connectivity index (χ4v) is 2.67. The van der Waals surface area contributed by atoms with Crippen LogP contribution in [0, 0.1) is 0 Å². The molecule has 1 rings (SSSR count).